The van der Waals surface area contributed by atoms with E-state index in [0.29, 0.717) is 6.04 Å². The third-order valence-electron chi connectivity index (χ3n) is 3.42. The molecule has 1 amide bonds. The molecule has 1 saturated heterocycles. The number of hydrogen-bond acceptors (Lipinski definition) is 2. The summed E-state index contributed by atoms with van der Waals surface area (Å²) in [5.41, 5.74) is 0.808. The third-order valence-corrected chi connectivity index (χ3v) is 4.09. The largest absolute Gasteiger partial charge is 0.336 e. The maximum Gasteiger partial charge on any atom is 0.254 e. The fourth-order valence-corrected chi connectivity index (χ4v) is 3.02. The lowest BCUT2D eigenvalue weighted by molar-refractivity contribution is 0.0656. The number of amides is 1. The molecular formula is C14H19IN2O. The maximum absolute atomic E-state index is 12.5. The average molecular weight is 358 g/mol. The number of benzene rings is 1. The third kappa shape index (κ3) is 3.23. The summed E-state index contributed by atoms with van der Waals surface area (Å²) in [6.07, 6.45) is 2.12. The lowest BCUT2D eigenvalue weighted by Crippen LogP contribution is -2.46. The standard InChI is InChI=1S/C14H19IN2O/c1-2-17(13-6-8-16-9-7-13)14(18)11-4-3-5-12(15)10-11/h3-5,10,13,16H,2,6-9H2,1H3. The van der Waals surface area contributed by atoms with Gasteiger partial charge in [0.25, 0.3) is 5.91 Å². The molecule has 2 rings (SSSR count). The van der Waals surface area contributed by atoms with Crippen molar-refractivity contribution in [3.05, 3.63) is 33.4 Å². The van der Waals surface area contributed by atoms with E-state index in [1.807, 2.05) is 29.2 Å². The van der Waals surface area contributed by atoms with Crippen molar-refractivity contribution in [2.24, 2.45) is 0 Å². The van der Waals surface area contributed by atoms with Gasteiger partial charge in [-0.05, 0) is 73.6 Å². The molecule has 1 fully saturated rings. The van der Waals surface area contributed by atoms with E-state index in [1.54, 1.807) is 0 Å². The molecule has 0 atom stereocenters. The Bertz CT molecular complexity index is 416. The van der Waals surface area contributed by atoms with Gasteiger partial charge in [-0.2, -0.15) is 0 Å². The van der Waals surface area contributed by atoms with E-state index in [4.69, 9.17) is 0 Å². The number of nitrogens with zero attached hydrogens (tertiary/aromatic N) is 1. The first kappa shape index (κ1) is 13.8. The van der Waals surface area contributed by atoms with Crippen LogP contribution in [0, 0.1) is 3.57 Å². The van der Waals surface area contributed by atoms with Gasteiger partial charge in [0.1, 0.15) is 0 Å². The molecule has 1 aliphatic rings. The summed E-state index contributed by atoms with van der Waals surface area (Å²) < 4.78 is 1.11. The van der Waals surface area contributed by atoms with Gasteiger partial charge in [-0.1, -0.05) is 6.07 Å². The van der Waals surface area contributed by atoms with E-state index in [1.165, 1.54) is 0 Å². The molecule has 18 heavy (non-hydrogen) atoms. The van der Waals surface area contributed by atoms with Gasteiger partial charge in [0, 0.05) is 21.7 Å². The van der Waals surface area contributed by atoms with Gasteiger partial charge in [0.15, 0.2) is 0 Å². The molecule has 4 heteroatoms. The highest BCUT2D eigenvalue weighted by atomic mass is 127. The Morgan fingerprint density at radius 1 is 1.44 bits per heavy atom. The molecule has 0 radical (unpaired) electrons. The fraction of sp³-hybridized carbons (Fsp3) is 0.500. The lowest BCUT2D eigenvalue weighted by atomic mass is 10.0. The Hall–Kier alpha value is -0.620. The molecule has 0 aliphatic carbocycles. The van der Waals surface area contributed by atoms with Gasteiger partial charge in [-0.25, -0.2) is 0 Å². The van der Waals surface area contributed by atoms with Gasteiger partial charge < -0.3 is 10.2 Å². The van der Waals surface area contributed by atoms with Crippen LogP contribution in [-0.4, -0.2) is 36.5 Å². The fourth-order valence-electron chi connectivity index (χ4n) is 2.47. The molecule has 0 bridgehead atoms. The van der Waals surface area contributed by atoms with Crippen LogP contribution in [0.5, 0.6) is 0 Å². The lowest BCUT2D eigenvalue weighted by Gasteiger charge is -2.34. The zero-order valence-electron chi connectivity index (χ0n) is 10.7. The smallest absolute Gasteiger partial charge is 0.254 e. The van der Waals surface area contributed by atoms with Crippen molar-refractivity contribution in [2.75, 3.05) is 19.6 Å². The van der Waals surface area contributed by atoms with Crippen molar-refractivity contribution in [1.82, 2.24) is 10.2 Å². The van der Waals surface area contributed by atoms with E-state index in [-0.39, 0.29) is 5.91 Å². The van der Waals surface area contributed by atoms with Crippen LogP contribution in [0.25, 0.3) is 0 Å². The minimum Gasteiger partial charge on any atom is -0.336 e. The molecule has 3 nitrogen and oxygen atoms in total. The summed E-state index contributed by atoms with van der Waals surface area (Å²) in [7, 11) is 0. The Kier molecular flexibility index (Phi) is 5.00. The first-order chi connectivity index (χ1) is 8.72. The molecule has 0 saturated carbocycles. The minimum atomic E-state index is 0.169. The van der Waals surface area contributed by atoms with Crippen molar-refractivity contribution in [3.8, 4) is 0 Å². The van der Waals surface area contributed by atoms with Crippen molar-refractivity contribution in [3.63, 3.8) is 0 Å². The zero-order valence-corrected chi connectivity index (χ0v) is 12.8. The molecule has 1 aromatic rings. The molecule has 98 valence electrons. The van der Waals surface area contributed by atoms with Crippen LogP contribution >= 0.6 is 22.6 Å². The molecule has 0 unspecified atom stereocenters. The normalized spacial score (nSPS) is 16.6. The molecule has 0 spiro atoms. The Labute approximate surface area is 122 Å². The van der Waals surface area contributed by atoms with Crippen LogP contribution in [0.1, 0.15) is 30.1 Å². The van der Waals surface area contributed by atoms with E-state index in [2.05, 4.69) is 34.8 Å². The van der Waals surface area contributed by atoms with E-state index in [0.717, 1.165) is 41.6 Å². The van der Waals surface area contributed by atoms with Crippen LogP contribution in [0.3, 0.4) is 0 Å². The summed E-state index contributed by atoms with van der Waals surface area (Å²) in [5, 5.41) is 3.34. The van der Waals surface area contributed by atoms with Gasteiger partial charge >= 0.3 is 0 Å². The Morgan fingerprint density at radius 3 is 2.78 bits per heavy atom. The van der Waals surface area contributed by atoms with E-state index >= 15 is 0 Å². The number of carbonyl (C=O) groups excluding carboxylic acids is 1. The Balaban J connectivity index is 2.14. The number of piperidine rings is 1. The summed E-state index contributed by atoms with van der Waals surface area (Å²) in [6, 6.07) is 8.23. The predicted octanol–water partition coefficient (Wildman–Crippen LogP) is 2.51. The number of halogens is 1. The summed E-state index contributed by atoms with van der Waals surface area (Å²) in [6.45, 7) is 4.88. The molecule has 1 aromatic carbocycles. The summed E-state index contributed by atoms with van der Waals surface area (Å²) in [4.78, 5) is 14.5. The molecule has 1 N–H and O–H groups in total. The van der Waals surface area contributed by atoms with Crippen LogP contribution in [-0.2, 0) is 0 Å². The number of carbonyl (C=O) groups is 1. The number of rotatable bonds is 3. The molecule has 1 heterocycles. The van der Waals surface area contributed by atoms with Gasteiger partial charge in [0.2, 0.25) is 0 Å². The second-order valence-corrected chi connectivity index (χ2v) is 5.83. The number of hydrogen-bond donors (Lipinski definition) is 1. The first-order valence-electron chi connectivity index (χ1n) is 6.49. The summed E-state index contributed by atoms with van der Waals surface area (Å²) >= 11 is 2.25. The van der Waals surface area contributed by atoms with Gasteiger partial charge in [-0.3, -0.25) is 4.79 Å². The monoisotopic (exact) mass is 358 g/mol. The van der Waals surface area contributed by atoms with E-state index < -0.39 is 0 Å². The van der Waals surface area contributed by atoms with Crippen LogP contribution in [0.4, 0.5) is 0 Å². The van der Waals surface area contributed by atoms with Crippen molar-refractivity contribution in [1.29, 1.82) is 0 Å². The van der Waals surface area contributed by atoms with E-state index in [9.17, 15) is 4.79 Å². The minimum absolute atomic E-state index is 0.169. The predicted molar refractivity (Wildman–Crippen MR) is 81.8 cm³/mol. The first-order valence-corrected chi connectivity index (χ1v) is 7.57. The van der Waals surface area contributed by atoms with Crippen molar-refractivity contribution < 1.29 is 4.79 Å². The highest BCUT2D eigenvalue weighted by Crippen LogP contribution is 2.16. The highest BCUT2D eigenvalue weighted by Gasteiger charge is 2.24. The van der Waals surface area contributed by atoms with Gasteiger partial charge in [0.05, 0.1) is 0 Å². The van der Waals surface area contributed by atoms with Crippen LogP contribution in [0.2, 0.25) is 0 Å². The topological polar surface area (TPSA) is 32.3 Å². The SMILES string of the molecule is CCN(C(=O)c1cccc(I)c1)C1CCNCC1. The maximum atomic E-state index is 12.5. The summed E-state index contributed by atoms with van der Waals surface area (Å²) in [5.74, 6) is 0.169. The molecule has 0 aromatic heterocycles. The average Bonchev–Trinajstić information content (AvgIpc) is 2.41. The van der Waals surface area contributed by atoms with Crippen molar-refractivity contribution >= 4 is 28.5 Å². The second kappa shape index (κ2) is 6.52. The Morgan fingerprint density at radius 2 is 2.17 bits per heavy atom. The molecule has 1 aliphatic heterocycles. The van der Waals surface area contributed by atoms with Gasteiger partial charge in [-0.15, -0.1) is 0 Å². The van der Waals surface area contributed by atoms with Crippen LogP contribution in [0.15, 0.2) is 24.3 Å². The highest BCUT2D eigenvalue weighted by molar-refractivity contribution is 14.1. The quantitative estimate of drug-likeness (QED) is 0.843. The van der Waals surface area contributed by atoms with Crippen molar-refractivity contribution in [2.45, 2.75) is 25.8 Å². The second-order valence-electron chi connectivity index (χ2n) is 4.58. The molecular weight excluding hydrogens is 339 g/mol. The zero-order chi connectivity index (χ0) is 13.0. The number of nitrogens with one attached hydrogen (secondary N) is 1. The van der Waals surface area contributed by atoms with Crippen LogP contribution < -0.4 is 5.32 Å².